The van der Waals surface area contributed by atoms with Crippen molar-refractivity contribution in [1.82, 2.24) is 4.90 Å². The summed E-state index contributed by atoms with van der Waals surface area (Å²) in [7, 11) is 0. The Morgan fingerprint density at radius 2 is 2.06 bits per heavy atom. The van der Waals surface area contributed by atoms with E-state index >= 15 is 0 Å². The number of likely N-dealkylation sites (tertiary alicyclic amines) is 1. The average Bonchev–Trinajstić information content (AvgIpc) is 2.91. The van der Waals surface area contributed by atoms with Crippen LogP contribution >= 0.6 is 0 Å². The first-order chi connectivity index (χ1) is 7.79. The molecule has 1 spiro atoms. The van der Waals surface area contributed by atoms with E-state index in [1.807, 2.05) is 0 Å². The number of aliphatic hydroxyl groups is 1. The highest BCUT2D eigenvalue weighted by Crippen LogP contribution is 2.36. The van der Waals surface area contributed by atoms with Crippen LogP contribution in [-0.2, 0) is 9.78 Å². The minimum Gasteiger partial charge on any atom is -0.391 e. The Bertz CT molecular complexity index is 253. The zero-order valence-electron chi connectivity index (χ0n) is 9.73. The highest BCUT2D eigenvalue weighted by molar-refractivity contribution is 4.97. The summed E-state index contributed by atoms with van der Waals surface area (Å²) in [5.74, 6) is 0. The third-order valence-corrected chi connectivity index (χ3v) is 4.39. The van der Waals surface area contributed by atoms with Gasteiger partial charge in [-0.2, -0.15) is 0 Å². The van der Waals surface area contributed by atoms with Gasteiger partial charge in [0, 0.05) is 25.6 Å². The van der Waals surface area contributed by atoms with Crippen LogP contribution in [-0.4, -0.2) is 47.4 Å². The fourth-order valence-corrected chi connectivity index (χ4v) is 3.38. The normalized spacial score (nSPS) is 45.6. The van der Waals surface area contributed by atoms with E-state index in [9.17, 15) is 5.11 Å². The second kappa shape index (κ2) is 4.26. The predicted octanol–water partition coefficient (Wildman–Crippen LogP) is 1.09. The van der Waals surface area contributed by atoms with Gasteiger partial charge in [-0.3, -0.25) is 4.90 Å². The smallest absolute Gasteiger partial charge is 0.120 e. The van der Waals surface area contributed by atoms with Gasteiger partial charge in [-0.15, -0.1) is 0 Å². The number of rotatable bonds is 1. The van der Waals surface area contributed by atoms with Gasteiger partial charge in [-0.25, -0.2) is 9.78 Å². The molecule has 4 heteroatoms. The number of aliphatic hydroxyl groups excluding tert-OH is 1. The summed E-state index contributed by atoms with van der Waals surface area (Å²) in [6, 6.07) is 0.359. The van der Waals surface area contributed by atoms with E-state index in [1.54, 1.807) is 0 Å². The van der Waals surface area contributed by atoms with Gasteiger partial charge in [0.1, 0.15) is 5.60 Å². The first-order valence-electron chi connectivity index (χ1n) is 6.52. The van der Waals surface area contributed by atoms with Crippen molar-refractivity contribution in [3.63, 3.8) is 0 Å². The van der Waals surface area contributed by atoms with E-state index in [2.05, 4.69) is 4.90 Å². The van der Waals surface area contributed by atoms with Crippen LogP contribution in [0, 0.1) is 0 Å². The van der Waals surface area contributed by atoms with Crippen LogP contribution in [0.4, 0.5) is 0 Å². The van der Waals surface area contributed by atoms with Crippen LogP contribution in [0.15, 0.2) is 0 Å². The van der Waals surface area contributed by atoms with Crippen LogP contribution in [0.25, 0.3) is 0 Å². The maximum atomic E-state index is 10.0. The second-order valence-electron chi connectivity index (χ2n) is 5.48. The summed E-state index contributed by atoms with van der Waals surface area (Å²) < 4.78 is 0. The zero-order valence-corrected chi connectivity index (χ0v) is 9.73. The minimum absolute atomic E-state index is 0.0584. The highest BCUT2D eigenvalue weighted by Gasteiger charge is 2.46. The van der Waals surface area contributed by atoms with Crippen LogP contribution in [0.3, 0.4) is 0 Å². The van der Waals surface area contributed by atoms with Gasteiger partial charge in [0.05, 0.1) is 12.7 Å². The lowest BCUT2D eigenvalue weighted by Gasteiger charge is -2.35. The van der Waals surface area contributed by atoms with Crippen molar-refractivity contribution < 1.29 is 14.9 Å². The lowest BCUT2D eigenvalue weighted by atomic mass is 9.91. The fourth-order valence-electron chi connectivity index (χ4n) is 3.38. The van der Waals surface area contributed by atoms with Gasteiger partial charge < -0.3 is 5.11 Å². The lowest BCUT2D eigenvalue weighted by Crippen LogP contribution is -2.46. The monoisotopic (exact) mass is 227 g/mol. The average molecular weight is 227 g/mol. The quantitative estimate of drug-likeness (QED) is 0.681. The van der Waals surface area contributed by atoms with Gasteiger partial charge in [-0.1, -0.05) is 12.8 Å². The van der Waals surface area contributed by atoms with Gasteiger partial charge in [0.2, 0.25) is 0 Å². The summed E-state index contributed by atoms with van der Waals surface area (Å²) in [6.45, 7) is 2.71. The number of hydrogen-bond acceptors (Lipinski definition) is 4. The third kappa shape index (κ3) is 1.88. The molecule has 2 aliphatic heterocycles. The molecule has 1 aliphatic carbocycles. The van der Waals surface area contributed by atoms with Crippen molar-refractivity contribution in [1.29, 1.82) is 0 Å². The number of nitrogens with zero attached hydrogens (tertiary/aromatic N) is 1. The molecule has 0 radical (unpaired) electrons. The zero-order chi connectivity index (χ0) is 11.0. The fraction of sp³-hybridized carbons (Fsp3) is 1.00. The Balaban J connectivity index is 1.63. The molecular formula is C12H21NO3. The molecule has 1 saturated carbocycles. The molecule has 0 aromatic heterocycles. The molecule has 0 bridgehead atoms. The van der Waals surface area contributed by atoms with Crippen LogP contribution in [0.1, 0.15) is 38.5 Å². The van der Waals surface area contributed by atoms with Crippen molar-refractivity contribution in [3.8, 4) is 0 Å². The molecule has 0 unspecified atom stereocenters. The molecule has 16 heavy (non-hydrogen) atoms. The maximum absolute atomic E-state index is 10.0. The topological polar surface area (TPSA) is 41.9 Å². The Labute approximate surface area is 96.4 Å². The molecule has 3 rings (SSSR count). The third-order valence-electron chi connectivity index (χ3n) is 4.39. The molecule has 2 saturated heterocycles. The van der Waals surface area contributed by atoms with Crippen molar-refractivity contribution in [2.75, 3.05) is 19.7 Å². The molecule has 0 aromatic carbocycles. The SMILES string of the molecule is O[C@H]1CCCC[C@@H]1N1CC[C@]2(CCOO2)C1. The Kier molecular flexibility index (Phi) is 2.92. The predicted molar refractivity (Wildman–Crippen MR) is 58.8 cm³/mol. The Morgan fingerprint density at radius 3 is 2.81 bits per heavy atom. The molecule has 4 nitrogen and oxygen atoms in total. The van der Waals surface area contributed by atoms with E-state index in [1.165, 1.54) is 12.8 Å². The van der Waals surface area contributed by atoms with E-state index in [0.29, 0.717) is 6.04 Å². The van der Waals surface area contributed by atoms with Crippen LogP contribution in [0.2, 0.25) is 0 Å². The summed E-state index contributed by atoms with van der Waals surface area (Å²) >= 11 is 0. The van der Waals surface area contributed by atoms with Gasteiger partial charge in [-0.05, 0) is 19.3 Å². The first kappa shape index (κ1) is 11.0. The molecule has 3 atom stereocenters. The molecule has 3 fully saturated rings. The van der Waals surface area contributed by atoms with Crippen molar-refractivity contribution in [3.05, 3.63) is 0 Å². The lowest BCUT2D eigenvalue weighted by molar-refractivity contribution is -0.305. The highest BCUT2D eigenvalue weighted by atomic mass is 17.2. The largest absolute Gasteiger partial charge is 0.391 e. The minimum atomic E-state index is -0.133. The van der Waals surface area contributed by atoms with Gasteiger partial charge in [0.25, 0.3) is 0 Å². The number of hydrogen-bond donors (Lipinski definition) is 1. The maximum Gasteiger partial charge on any atom is 0.120 e. The van der Waals surface area contributed by atoms with E-state index in [4.69, 9.17) is 9.78 Å². The molecule has 92 valence electrons. The first-order valence-corrected chi connectivity index (χ1v) is 6.52. The molecule has 0 amide bonds. The van der Waals surface area contributed by atoms with Crippen molar-refractivity contribution >= 4 is 0 Å². The second-order valence-corrected chi connectivity index (χ2v) is 5.48. The summed E-state index contributed by atoms with van der Waals surface area (Å²) in [6.07, 6.45) is 6.46. The molecule has 0 aromatic rings. The standard InChI is InChI=1S/C12H21NO3/c14-11-4-2-1-3-10(11)13-7-5-12(9-13)6-8-15-16-12/h10-11,14H,1-9H2/t10-,11-,12-/m0/s1. The van der Waals surface area contributed by atoms with E-state index in [-0.39, 0.29) is 11.7 Å². The summed E-state index contributed by atoms with van der Waals surface area (Å²) in [4.78, 5) is 12.9. The summed E-state index contributed by atoms with van der Waals surface area (Å²) in [5.41, 5.74) is -0.0584. The Morgan fingerprint density at radius 1 is 1.19 bits per heavy atom. The summed E-state index contributed by atoms with van der Waals surface area (Å²) in [5, 5.41) is 10.0. The van der Waals surface area contributed by atoms with Crippen LogP contribution < -0.4 is 0 Å². The van der Waals surface area contributed by atoms with Crippen LogP contribution in [0.5, 0.6) is 0 Å². The Hall–Kier alpha value is -0.160. The van der Waals surface area contributed by atoms with Crippen molar-refractivity contribution in [2.24, 2.45) is 0 Å². The van der Waals surface area contributed by atoms with Crippen molar-refractivity contribution in [2.45, 2.75) is 56.3 Å². The van der Waals surface area contributed by atoms with Gasteiger partial charge >= 0.3 is 0 Å². The molecular weight excluding hydrogens is 206 g/mol. The molecule has 1 N–H and O–H groups in total. The molecule has 3 aliphatic rings. The molecule has 2 heterocycles. The van der Waals surface area contributed by atoms with Gasteiger partial charge in [0.15, 0.2) is 0 Å². The van der Waals surface area contributed by atoms with E-state index in [0.717, 1.165) is 45.4 Å². The van der Waals surface area contributed by atoms with E-state index < -0.39 is 0 Å².